The number of aromatic nitrogens is 1. The minimum absolute atomic E-state index is 0.00412. The second kappa shape index (κ2) is 12.3. The van der Waals surface area contributed by atoms with Gasteiger partial charge in [-0.15, -0.1) is 0 Å². The maximum atomic E-state index is 14.2. The van der Waals surface area contributed by atoms with Gasteiger partial charge in [-0.25, -0.2) is 4.98 Å². The van der Waals surface area contributed by atoms with Crippen LogP contribution >= 0.6 is 0 Å². The lowest BCUT2D eigenvalue weighted by molar-refractivity contribution is -0.130. The molecule has 236 valence electrons. The number of nitrogens with zero attached hydrogens (tertiary/aromatic N) is 4. The minimum Gasteiger partial charge on any atom is -0.493 e. The topological polar surface area (TPSA) is 96.5 Å². The summed E-state index contributed by atoms with van der Waals surface area (Å²) in [4.78, 5) is 39.0. The first-order valence-electron chi connectivity index (χ1n) is 15.4. The van der Waals surface area contributed by atoms with E-state index in [-0.39, 0.29) is 23.7 Å². The molecule has 0 bridgehead atoms. The molecule has 6 rings (SSSR count). The van der Waals surface area contributed by atoms with Crippen molar-refractivity contribution in [1.29, 1.82) is 0 Å². The highest BCUT2D eigenvalue weighted by Gasteiger charge is 2.43. The number of Topliss-reactive ketones (excluding diaryl/α,β-unsaturated/α-hetero) is 1. The number of hydrogen-bond acceptors (Lipinski definition) is 9. The van der Waals surface area contributed by atoms with Crippen molar-refractivity contribution < 1.29 is 23.8 Å². The molecule has 0 radical (unpaired) electrons. The quantitative estimate of drug-likeness (QED) is 0.393. The third-order valence-electron chi connectivity index (χ3n) is 8.92. The molecule has 2 aliphatic heterocycles. The van der Waals surface area contributed by atoms with Gasteiger partial charge >= 0.3 is 0 Å². The lowest BCUT2D eigenvalue weighted by Gasteiger charge is -2.40. The molecule has 1 fully saturated rings. The van der Waals surface area contributed by atoms with E-state index in [1.54, 1.807) is 27.5 Å². The van der Waals surface area contributed by atoms with Gasteiger partial charge in [0.05, 0.1) is 45.3 Å². The Morgan fingerprint density at radius 3 is 2.27 bits per heavy atom. The van der Waals surface area contributed by atoms with Crippen LogP contribution in [0.1, 0.15) is 38.3 Å². The molecule has 1 atom stereocenters. The maximum Gasteiger partial charge on any atom is 0.242 e. The molecule has 10 heteroatoms. The van der Waals surface area contributed by atoms with Crippen molar-refractivity contribution in [1.82, 2.24) is 9.88 Å². The van der Waals surface area contributed by atoms with Crippen LogP contribution in [0.15, 0.2) is 72.1 Å². The molecule has 1 aliphatic carbocycles. The number of amides is 1. The lowest BCUT2D eigenvalue weighted by atomic mass is 9.73. The number of fused-ring (bicyclic) bond motifs is 1. The molecule has 10 nitrogen and oxygen atoms in total. The van der Waals surface area contributed by atoms with Gasteiger partial charge in [0, 0.05) is 50.1 Å². The van der Waals surface area contributed by atoms with Crippen molar-refractivity contribution in [2.75, 3.05) is 69.2 Å². The Morgan fingerprint density at radius 1 is 0.933 bits per heavy atom. The summed E-state index contributed by atoms with van der Waals surface area (Å²) in [6.45, 7) is 6.87. The Hall–Kier alpha value is -4.73. The van der Waals surface area contributed by atoms with Crippen LogP contribution in [-0.2, 0) is 9.59 Å². The van der Waals surface area contributed by atoms with E-state index in [1.165, 1.54) is 0 Å². The average Bonchev–Trinajstić information content (AvgIpc) is 3.18. The highest BCUT2D eigenvalue weighted by molar-refractivity contribution is 6.02. The number of anilines is 3. The van der Waals surface area contributed by atoms with Gasteiger partial charge in [0.2, 0.25) is 11.7 Å². The highest BCUT2D eigenvalue weighted by Crippen LogP contribution is 2.50. The molecular weight excluding hydrogens is 570 g/mol. The number of nitrogens with one attached hydrogen (secondary N) is 1. The number of carbonyl (C=O) groups is 2. The van der Waals surface area contributed by atoms with Gasteiger partial charge in [-0.1, -0.05) is 32.0 Å². The molecule has 2 aromatic carbocycles. The minimum atomic E-state index is -0.577. The van der Waals surface area contributed by atoms with Crippen LogP contribution in [0.3, 0.4) is 0 Å². The normalized spacial score (nSPS) is 19.3. The maximum absolute atomic E-state index is 14.2. The predicted molar refractivity (Wildman–Crippen MR) is 174 cm³/mol. The van der Waals surface area contributed by atoms with E-state index >= 15 is 0 Å². The summed E-state index contributed by atoms with van der Waals surface area (Å²) >= 11 is 0. The number of allylic oxidation sites excluding steroid dienone is 1. The van der Waals surface area contributed by atoms with Gasteiger partial charge in [-0.05, 0) is 53.8 Å². The third kappa shape index (κ3) is 5.89. The summed E-state index contributed by atoms with van der Waals surface area (Å²) in [5.74, 6) is 2.41. The van der Waals surface area contributed by atoms with Crippen molar-refractivity contribution in [2.45, 2.75) is 32.7 Å². The number of piperazine rings is 1. The first-order chi connectivity index (χ1) is 21.7. The monoisotopic (exact) mass is 611 g/mol. The second-order valence-electron chi connectivity index (χ2n) is 12.5. The number of hydrogen-bond donors (Lipinski definition) is 1. The number of ether oxygens (including phenoxy) is 3. The summed E-state index contributed by atoms with van der Waals surface area (Å²) in [5, 5.41) is 3.63. The van der Waals surface area contributed by atoms with Gasteiger partial charge in [0.15, 0.2) is 17.3 Å². The van der Waals surface area contributed by atoms with Crippen LogP contribution in [0.4, 0.5) is 17.2 Å². The van der Waals surface area contributed by atoms with Crippen molar-refractivity contribution in [2.24, 2.45) is 5.41 Å². The van der Waals surface area contributed by atoms with Crippen LogP contribution in [-0.4, -0.2) is 75.6 Å². The fourth-order valence-electron chi connectivity index (χ4n) is 6.80. The molecule has 45 heavy (non-hydrogen) atoms. The Morgan fingerprint density at radius 2 is 1.62 bits per heavy atom. The van der Waals surface area contributed by atoms with E-state index in [0.717, 1.165) is 28.5 Å². The number of methoxy groups -OCH3 is 3. The van der Waals surface area contributed by atoms with Crippen LogP contribution < -0.4 is 29.3 Å². The summed E-state index contributed by atoms with van der Waals surface area (Å²) < 4.78 is 17.1. The van der Waals surface area contributed by atoms with E-state index in [0.29, 0.717) is 61.8 Å². The highest BCUT2D eigenvalue weighted by atomic mass is 16.5. The summed E-state index contributed by atoms with van der Waals surface area (Å²) in [7, 11) is 4.73. The van der Waals surface area contributed by atoms with Gasteiger partial charge in [-0.2, -0.15) is 0 Å². The van der Waals surface area contributed by atoms with E-state index < -0.39 is 6.04 Å². The molecule has 3 aliphatic rings. The van der Waals surface area contributed by atoms with Crippen LogP contribution in [0.2, 0.25) is 0 Å². The summed E-state index contributed by atoms with van der Waals surface area (Å²) in [6.07, 6.45) is 2.89. The zero-order chi connectivity index (χ0) is 31.7. The zero-order valence-corrected chi connectivity index (χ0v) is 26.6. The molecule has 0 spiro atoms. The van der Waals surface area contributed by atoms with E-state index in [4.69, 9.17) is 14.2 Å². The van der Waals surface area contributed by atoms with Gasteiger partial charge in [-0.3, -0.25) is 9.59 Å². The zero-order valence-electron chi connectivity index (χ0n) is 26.6. The molecule has 0 saturated carbocycles. The Kier molecular flexibility index (Phi) is 8.31. The smallest absolute Gasteiger partial charge is 0.242 e. The predicted octanol–water partition coefficient (Wildman–Crippen LogP) is 5.07. The van der Waals surface area contributed by atoms with Gasteiger partial charge in [0.1, 0.15) is 5.82 Å². The standard InChI is InChI=1S/C35H41N5O5/c1-35(2)20-25-32(27(41)21-35)33(23-18-28(43-3)34(45-5)29(19-23)44-4)40(26-11-7-6-10-24(26)37-25)22-31(42)39-16-14-38(15-17-39)30-12-8-9-13-36-30/h6-13,18-19,33,37H,14-17,20-22H2,1-5H3. The van der Waals surface area contributed by atoms with Crippen LogP contribution in [0, 0.1) is 5.41 Å². The number of benzene rings is 2. The van der Waals surface area contributed by atoms with Crippen molar-refractivity contribution >= 4 is 28.9 Å². The number of pyridine rings is 1. The Labute approximate surface area is 264 Å². The molecule has 3 aromatic rings. The van der Waals surface area contributed by atoms with Crippen molar-refractivity contribution in [3.8, 4) is 17.2 Å². The number of carbonyl (C=O) groups excluding carboxylic acids is 2. The Bertz CT molecular complexity index is 1590. The first kappa shape index (κ1) is 30.3. The Balaban J connectivity index is 1.43. The SMILES string of the molecule is COc1cc(C2C3=C(CC(C)(C)CC3=O)Nc3ccccc3N2CC(=O)N2CCN(c3ccccn3)CC2)cc(OC)c1OC. The molecule has 1 N–H and O–H groups in total. The largest absolute Gasteiger partial charge is 0.493 e. The molecule has 1 aromatic heterocycles. The van der Waals surface area contributed by atoms with E-state index in [1.807, 2.05) is 59.5 Å². The molecular formula is C35H41N5O5. The molecule has 1 unspecified atom stereocenters. The number of para-hydroxylation sites is 2. The fraction of sp³-hybridized carbons (Fsp3) is 0.400. The number of rotatable bonds is 7. The van der Waals surface area contributed by atoms with Crippen LogP contribution in [0.5, 0.6) is 17.2 Å². The van der Waals surface area contributed by atoms with Crippen LogP contribution in [0.25, 0.3) is 0 Å². The van der Waals surface area contributed by atoms with Crippen molar-refractivity contribution in [3.05, 3.63) is 77.6 Å². The molecule has 1 amide bonds. The molecule has 3 heterocycles. The fourth-order valence-corrected chi connectivity index (χ4v) is 6.80. The first-order valence-corrected chi connectivity index (χ1v) is 15.4. The molecule has 1 saturated heterocycles. The van der Waals surface area contributed by atoms with Crippen molar-refractivity contribution in [3.63, 3.8) is 0 Å². The van der Waals surface area contributed by atoms with E-state index in [9.17, 15) is 9.59 Å². The average molecular weight is 612 g/mol. The summed E-state index contributed by atoms with van der Waals surface area (Å²) in [6, 6.07) is 17.0. The van der Waals surface area contributed by atoms with Gasteiger partial charge in [0.25, 0.3) is 0 Å². The summed E-state index contributed by atoms with van der Waals surface area (Å²) in [5.41, 5.74) is 3.80. The third-order valence-corrected chi connectivity index (χ3v) is 8.92. The van der Waals surface area contributed by atoms with Gasteiger partial charge < -0.3 is 34.2 Å². The number of ketones is 1. The van der Waals surface area contributed by atoms with E-state index in [2.05, 4.69) is 33.9 Å². The lowest BCUT2D eigenvalue weighted by Crippen LogP contribution is -2.52. The second-order valence-corrected chi connectivity index (χ2v) is 12.5.